The summed E-state index contributed by atoms with van der Waals surface area (Å²) in [5, 5.41) is 11.0. The summed E-state index contributed by atoms with van der Waals surface area (Å²) >= 11 is 0. The molecule has 0 spiro atoms. The molecule has 3 aromatic carbocycles. The number of anilines is 1. The minimum Gasteiger partial charge on any atom is -0.507 e. The summed E-state index contributed by atoms with van der Waals surface area (Å²) in [5.41, 5.74) is 1.04. The van der Waals surface area contributed by atoms with Crippen LogP contribution in [0.4, 0.5) is 23.2 Å². The Kier molecular flexibility index (Phi) is 9.42. The lowest BCUT2D eigenvalue weighted by Crippen LogP contribution is -2.50. The van der Waals surface area contributed by atoms with Gasteiger partial charge in [-0.25, -0.2) is 22.5 Å². The molecule has 2 aromatic heterocycles. The molecular weight excluding hydrogens is 642 g/mol. The highest BCUT2D eigenvalue weighted by Crippen LogP contribution is 2.21. The van der Waals surface area contributed by atoms with Gasteiger partial charge in [0.25, 0.3) is 11.5 Å². The van der Waals surface area contributed by atoms with Crippen molar-refractivity contribution in [2.45, 2.75) is 13.0 Å². The van der Waals surface area contributed by atoms with Crippen LogP contribution in [-0.2, 0) is 22.6 Å². The lowest BCUT2D eigenvalue weighted by Gasteiger charge is -2.35. The van der Waals surface area contributed by atoms with Crippen molar-refractivity contribution in [3.05, 3.63) is 154 Å². The van der Waals surface area contributed by atoms with E-state index in [0.29, 0.717) is 19.2 Å². The van der Waals surface area contributed by atoms with Crippen LogP contribution in [0.5, 0.6) is 0 Å². The number of nitrogens with zero attached hydrogens (tertiary/aromatic N) is 5. The van der Waals surface area contributed by atoms with E-state index in [4.69, 9.17) is 0 Å². The van der Waals surface area contributed by atoms with Crippen LogP contribution < -0.4 is 10.5 Å². The van der Waals surface area contributed by atoms with Crippen molar-refractivity contribution in [3.8, 4) is 5.69 Å². The van der Waals surface area contributed by atoms with Gasteiger partial charge < -0.3 is 24.0 Å². The summed E-state index contributed by atoms with van der Waals surface area (Å²) < 4.78 is 58.8. The van der Waals surface area contributed by atoms with E-state index in [2.05, 4.69) is 9.88 Å². The first-order valence-corrected chi connectivity index (χ1v) is 15.2. The Morgan fingerprint density at radius 1 is 0.837 bits per heavy atom. The molecule has 250 valence electrons. The van der Waals surface area contributed by atoms with Crippen molar-refractivity contribution in [3.63, 3.8) is 0 Å². The first-order chi connectivity index (χ1) is 23.6. The largest absolute Gasteiger partial charge is 0.507 e. The maximum Gasteiger partial charge on any atom is 0.294 e. The van der Waals surface area contributed by atoms with Gasteiger partial charge in [0.15, 0.2) is 17.5 Å². The number of aliphatic hydroxyl groups excluding tert-OH is 1. The molecule has 0 radical (unpaired) electrons. The third kappa shape index (κ3) is 7.30. The average molecular weight is 672 g/mol. The highest BCUT2D eigenvalue weighted by molar-refractivity contribution is 6.41. The molecule has 0 saturated carbocycles. The van der Waals surface area contributed by atoms with Crippen molar-refractivity contribution in [2.75, 3.05) is 31.1 Å². The van der Waals surface area contributed by atoms with E-state index in [0.717, 1.165) is 28.1 Å². The number of halogens is 4. The first kappa shape index (κ1) is 32.9. The van der Waals surface area contributed by atoms with Crippen molar-refractivity contribution in [1.29, 1.82) is 0 Å². The molecule has 13 heteroatoms. The van der Waals surface area contributed by atoms with Crippen molar-refractivity contribution in [2.24, 2.45) is 0 Å². The van der Waals surface area contributed by atoms with Crippen LogP contribution in [0.1, 0.15) is 22.3 Å². The second-order valence-corrected chi connectivity index (χ2v) is 11.5. The number of imidazole rings is 1. The smallest absolute Gasteiger partial charge is 0.294 e. The summed E-state index contributed by atoms with van der Waals surface area (Å²) in [6, 6.07) is 16.3. The molecule has 1 N–H and O–H groups in total. The van der Waals surface area contributed by atoms with Crippen molar-refractivity contribution < 1.29 is 32.3 Å². The number of aromatic nitrogens is 3. The maximum atomic E-state index is 14.5. The number of benzene rings is 3. The zero-order valence-corrected chi connectivity index (χ0v) is 25.9. The van der Waals surface area contributed by atoms with E-state index in [1.54, 1.807) is 18.6 Å². The second-order valence-electron chi connectivity index (χ2n) is 11.5. The number of aliphatic hydroxyl groups is 1. The molecule has 9 nitrogen and oxygen atoms in total. The molecular formula is C36H29F4N5O4. The van der Waals surface area contributed by atoms with E-state index in [1.165, 1.54) is 35.4 Å². The van der Waals surface area contributed by atoms with Gasteiger partial charge in [0.2, 0.25) is 5.78 Å². The zero-order chi connectivity index (χ0) is 34.7. The van der Waals surface area contributed by atoms with Crippen LogP contribution in [0.15, 0.2) is 103 Å². The summed E-state index contributed by atoms with van der Waals surface area (Å²) in [4.78, 5) is 47.0. The van der Waals surface area contributed by atoms with Crippen LogP contribution in [0, 0.1) is 23.3 Å². The molecule has 49 heavy (non-hydrogen) atoms. The van der Waals surface area contributed by atoms with Gasteiger partial charge in [-0.2, -0.15) is 0 Å². The fraction of sp³-hybridized carbons (Fsp3) is 0.167. The van der Waals surface area contributed by atoms with E-state index < -0.39 is 51.8 Å². The van der Waals surface area contributed by atoms with Crippen LogP contribution in [-0.4, -0.2) is 62.0 Å². The van der Waals surface area contributed by atoms with E-state index >= 15 is 0 Å². The Labute approximate surface area is 277 Å². The Balaban J connectivity index is 1.20. The topological polar surface area (TPSA) is 101 Å². The molecule has 0 aliphatic carbocycles. The number of piperazine rings is 1. The summed E-state index contributed by atoms with van der Waals surface area (Å²) in [6.45, 7) is 1.09. The molecule has 1 amide bonds. The van der Waals surface area contributed by atoms with E-state index in [1.807, 2.05) is 35.0 Å². The van der Waals surface area contributed by atoms with Gasteiger partial charge in [-0.1, -0.05) is 18.2 Å². The number of carbonyl (C=O) groups excluding carboxylic acids is 2. The number of hydrogen-bond donors (Lipinski definition) is 1. The lowest BCUT2D eigenvalue weighted by atomic mass is 10.0. The predicted octanol–water partition coefficient (Wildman–Crippen LogP) is 5.05. The van der Waals surface area contributed by atoms with Crippen LogP contribution >= 0.6 is 0 Å². The third-order valence-electron chi connectivity index (χ3n) is 8.23. The van der Waals surface area contributed by atoms with Gasteiger partial charge in [0.05, 0.1) is 18.4 Å². The first-order valence-electron chi connectivity index (χ1n) is 15.2. The number of hydrogen-bond acceptors (Lipinski definition) is 6. The Morgan fingerprint density at radius 2 is 1.51 bits per heavy atom. The standard InChI is InChI=1S/C36H29F4N5O4/c37-29-4-2-1-3-25(29)21-45-20-24(15-23-17-30(38)34(40)31(39)18-23)16-28(35(45)48)32(46)19-33(47)36(49)43-13-11-42(12-14-43)26-5-7-27(8-6-26)44-10-9-41-22-44/h1-10,16-20,22,46H,11-15,21H2. The molecule has 3 heterocycles. The number of pyridine rings is 1. The second kappa shape index (κ2) is 14.0. The van der Waals surface area contributed by atoms with Crippen molar-refractivity contribution >= 4 is 23.1 Å². The van der Waals surface area contributed by atoms with Gasteiger partial charge in [-0.05, 0) is 66.1 Å². The van der Waals surface area contributed by atoms with E-state index in [-0.39, 0.29) is 42.7 Å². The fourth-order valence-corrected chi connectivity index (χ4v) is 5.69. The van der Waals surface area contributed by atoms with Gasteiger partial charge in [0.1, 0.15) is 11.6 Å². The quantitative estimate of drug-likeness (QED) is 0.0775. The number of amides is 1. The Morgan fingerprint density at radius 3 is 2.16 bits per heavy atom. The summed E-state index contributed by atoms with van der Waals surface area (Å²) in [7, 11) is 0. The Hall–Kier alpha value is -5.98. The third-order valence-corrected chi connectivity index (χ3v) is 8.23. The van der Waals surface area contributed by atoms with Gasteiger partial charge in [0, 0.05) is 67.8 Å². The van der Waals surface area contributed by atoms with Crippen LogP contribution in [0.25, 0.3) is 11.4 Å². The maximum absolute atomic E-state index is 14.5. The molecule has 5 aromatic rings. The van der Waals surface area contributed by atoms with E-state index in [9.17, 15) is 37.1 Å². The summed E-state index contributed by atoms with van der Waals surface area (Å²) in [6.07, 6.45) is 6.95. The molecule has 0 unspecified atom stereocenters. The van der Waals surface area contributed by atoms with Gasteiger partial charge in [-0.3, -0.25) is 14.4 Å². The highest BCUT2D eigenvalue weighted by Gasteiger charge is 2.26. The van der Waals surface area contributed by atoms with Gasteiger partial charge in [-0.15, -0.1) is 0 Å². The number of carbonyl (C=O) groups is 2. The average Bonchev–Trinajstić information content (AvgIpc) is 3.64. The Bertz CT molecular complexity index is 2080. The monoisotopic (exact) mass is 671 g/mol. The molecule has 0 bridgehead atoms. The number of ketones is 1. The number of rotatable bonds is 9. The molecule has 1 saturated heterocycles. The molecule has 1 aliphatic heterocycles. The van der Waals surface area contributed by atoms with Gasteiger partial charge >= 0.3 is 0 Å². The molecule has 1 aliphatic rings. The molecule has 6 rings (SSSR count). The zero-order valence-electron chi connectivity index (χ0n) is 25.9. The molecule has 1 fully saturated rings. The summed E-state index contributed by atoms with van der Waals surface area (Å²) in [5.74, 6) is -7.82. The minimum atomic E-state index is -1.64. The van der Waals surface area contributed by atoms with Crippen molar-refractivity contribution in [1.82, 2.24) is 19.0 Å². The minimum absolute atomic E-state index is 0.0152. The predicted molar refractivity (Wildman–Crippen MR) is 173 cm³/mol. The highest BCUT2D eigenvalue weighted by atomic mass is 19.2. The fourth-order valence-electron chi connectivity index (χ4n) is 5.69. The molecule has 0 atom stereocenters. The van der Waals surface area contributed by atoms with Crippen LogP contribution in [0.3, 0.4) is 0 Å². The SMILES string of the molecule is O=C(C=C(O)c1cc(Cc2cc(F)c(F)c(F)c2)cn(Cc2ccccc2F)c1=O)C(=O)N1CCN(c2ccc(-n3ccnc3)cc2)CC1. The normalized spacial score (nSPS) is 13.5. The lowest BCUT2D eigenvalue weighted by molar-refractivity contribution is -0.142. The van der Waals surface area contributed by atoms with Crippen LogP contribution in [0.2, 0.25) is 0 Å².